The SMILES string of the molecule is Cn1cc(-c2cc(-c3ccc(N)cc3)ccn2)n(-c2ccc(C(F)(F)F)cc2N2CCNCC2)c1=O. The number of anilines is 2. The van der Waals surface area contributed by atoms with Crippen LogP contribution in [-0.4, -0.2) is 40.3 Å². The number of hydrogen-bond acceptors (Lipinski definition) is 5. The standard InChI is InChI=1S/C26H25F3N6O/c1-33-16-24(21-14-18(8-9-32-21)17-2-5-20(30)6-3-17)35(25(33)36)22-7-4-19(26(27,28)29)15-23(22)34-12-10-31-11-13-34/h2-9,14-16,31H,10-13,30H2,1H3. The highest BCUT2D eigenvalue weighted by Gasteiger charge is 2.32. The van der Waals surface area contributed by atoms with E-state index < -0.39 is 11.7 Å². The van der Waals surface area contributed by atoms with Crippen LogP contribution in [0.1, 0.15) is 5.56 Å². The van der Waals surface area contributed by atoms with E-state index in [9.17, 15) is 18.0 Å². The zero-order valence-corrected chi connectivity index (χ0v) is 19.6. The molecule has 0 unspecified atom stereocenters. The van der Waals surface area contributed by atoms with E-state index in [2.05, 4.69) is 10.3 Å². The third-order valence-corrected chi connectivity index (χ3v) is 6.32. The van der Waals surface area contributed by atoms with Crippen molar-refractivity contribution >= 4 is 11.4 Å². The lowest BCUT2D eigenvalue weighted by molar-refractivity contribution is -0.137. The molecule has 186 valence electrons. The first kappa shape index (κ1) is 23.7. The molecule has 10 heteroatoms. The fraction of sp³-hybridized carbons (Fsp3) is 0.231. The molecule has 1 fully saturated rings. The lowest BCUT2D eigenvalue weighted by Crippen LogP contribution is -2.44. The summed E-state index contributed by atoms with van der Waals surface area (Å²) in [7, 11) is 1.61. The van der Waals surface area contributed by atoms with E-state index in [-0.39, 0.29) is 5.69 Å². The van der Waals surface area contributed by atoms with Gasteiger partial charge in [-0.2, -0.15) is 13.2 Å². The summed E-state index contributed by atoms with van der Waals surface area (Å²) in [6.45, 7) is 2.32. The second kappa shape index (κ2) is 9.19. The molecule has 0 bridgehead atoms. The molecule has 1 aliphatic rings. The summed E-state index contributed by atoms with van der Waals surface area (Å²) in [4.78, 5) is 19.7. The maximum absolute atomic E-state index is 13.6. The second-order valence-electron chi connectivity index (χ2n) is 8.73. The van der Waals surface area contributed by atoms with Gasteiger partial charge in [0.1, 0.15) is 0 Å². The molecular weight excluding hydrogens is 469 g/mol. The zero-order valence-electron chi connectivity index (χ0n) is 19.6. The topological polar surface area (TPSA) is 81.1 Å². The Bertz CT molecular complexity index is 1450. The van der Waals surface area contributed by atoms with E-state index in [1.54, 1.807) is 31.6 Å². The summed E-state index contributed by atoms with van der Waals surface area (Å²) in [6, 6.07) is 14.6. The molecule has 5 rings (SSSR count). The number of aryl methyl sites for hydroxylation is 1. The van der Waals surface area contributed by atoms with Crippen molar-refractivity contribution in [2.24, 2.45) is 7.05 Å². The molecule has 36 heavy (non-hydrogen) atoms. The Morgan fingerprint density at radius 1 is 0.944 bits per heavy atom. The third-order valence-electron chi connectivity index (χ3n) is 6.32. The molecule has 0 aliphatic carbocycles. The summed E-state index contributed by atoms with van der Waals surface area (Å²) in [6.07, 6.45) is -1.20. The monoisotopic (exact) mass is 494 g/mol. The van der Waals surface area contributed by atoms with Gasteiger partial charge in [-0.25, -0.2) is 4.79 Å². The summed E-state index contributed by atoms with van der Waals surface area (Å²) >= 11 is 0. The fourth-order valence-corrected chi connectivity index (χ4v) is 4.44. The minimum absolute atomic E-state index is 0.357. The van der Waals surface area contributed by atoms with Crippen LogP contribution >= 0.6 is 0 Å². The Hall–Kier alpha value is -4.05. The highest BCUT2D eigenvalue weighted by molar-refractivity contribution is 5.73. The molecule has 1 saturated heterocycles. The van der Waals surface area contributed by atoms with Gasteiger partial charge in [-0.15, -0.1) is 0 Å². The molecule has 4 aromatic rings. The molecular formula is C26H25F3N6O. The Balaban J connectivity index is 1.68. The number of alkyl halides is 3. The summed E-state index contributed by atoms with van der Waals surface area (Å²) < 4.78 is 43.7. The smallest absolute Gasteiger partial charge is 0.399 e. The summed E-state index contributed by atoms with van der Waals surface area (Å²) in [5, 5.41) is 3.21. The van der Waals surface area contributed by atoms with Crippen LogP contribution in [-0.2, 0) is 13.2 Å². The average molecular weight is 495 g/mol. The second-order valence-corrected chi connectivity index (χ2v) is 8.73. The first-order chi connectivity index (χ1) is 17.2. The van der Waals surface area contributed by atoms with Gasteiger partial charge in [-0.3, -0.25) is 9.55 Å². The number of aromatic nitrogens is 3. The van der Waals surface area contributed by atoms with E-state index >= 15 is 0 Å². The van der Waals surface area contributed by atoms with Gasteiger partial charge in [0, 0.05) is 51.3 Å². The van der Waals surface area contributed by atoms with Gasteiger partial charge >= 0.3 is 11.9 Å². The molecule has 2 aromatic heterocycles. The molecule has 0 atom stereocenters. The molecule has 1 aliphatic heterocycles. The number of halogens is 3. The molecule has 0 radical (unpaired) electrons. The van der Waals surface area contributed by atoms with Gasteiger partial charge in [-0.1, -0.05) is 12.1 Å². The van der Waals surface area contributed by atoms with Crippen molar-refractivity contribution in [2.75, 3.05) is 36.8 Å². The number of pyridine rings is 1. The predicted molar refractivity (Wildman–Crippen MR) is 134 cm³/mol. The maximum Gasteiger partial charge on any atom is 0.416 e. The fourth-order valence-electron chi connectivity index (χ4n) is 4.44. The van der Waals surface area contributed by atoms with Crippen LogP contribution in [0.25, 0.3) is 28.2 Å². The van der Waals surface area contributed by atoms with Crippen molar-refractivity contribution in [1.82, 2.24) is 19.4 Å². The van der Waals surface area contributed by atoms with E-state index in [1.165, 1.54) is 15.2 Å². The minimum Gasteiger partial charge on any atom is -0.399 e. The average Bonchev–Trinajstić information content (AvgIpc) is 3.18. The normalized spacial score (nSPS) is 14.3. The van der Waals surface area contributed by atoms with Crippen LogP contribution in [0.4, 0.5) is 24.5 Å². The highest BCUT2D eigenvalue weighted by atomic mass is 19.4. The first-order valence-electron chi connectivity index (χ1n) is 11.5. The largest absolute Gasteiger partial charge is 0.416 e. The van der Waals surface area contributed by atoms with Gasteiger partial charge in [0.2, 0.25) is 0 Å². The quantitative estimate of drug-likeness (QED) is 0.421. The van der Waals surface area contributed by atoms with Crippen LogP contribution in [0.5, 0.6) is 0 Å². The number of benzene rings is 2. The summed E-state index contributed by atoms with van der Waals surface area (Å²) in [5.41, 5.74) is 8.87. The molecule has 0 amide bonds. The maximum atomic E-state index is 13.6. The van der Waals surface area contributed by atoms with Crippen molar-refractivity contribution < 1.29 is 13.2 Å². The van der Waals surface area contributed by atoms with Gasteiger partial charge in [0.15, 0.2) is 0 Å². The Morgan fingerprint density at radius 3 is 2.36 bits per heavy atom. The highest BCUT2D eigenvalue weighted by Crippen LogP contribution is 2.36. The van der Waals surface area contributed by atoms with Gasteiger partial charge in [0.25, 0.3) is 0 Å². The van der Waals surface area contributed by atoms with Crippen LogP contribution < -0.4 is 21.6 Å². The van der Waals surface area contributed by atoms with Crippen molar-refractivity contribution in [3.8, 4) is 28.2 Å². The van der Waals surface area contributed by atoms with Crippen molar-refractivity contribution in [1.29, 1.82) is 0 Å². The number of rotatable bonds is 4. The van der Waals surface area contributed by atoms with Gasteiger partial charge < -0.3 is 20.5 Å². The molecule has 0 spiro atoms. The first-order valence-corrected chi connectivity index (χ1v) is 11.5. The van der Waals surface area contributed by atoms with E-state index in [0.717, 1.165) is 23.3 Å². The zero-order chi connectivity index (χ0) is 25.4. The van der Waals surface area contributed by atoms with Crippen LogP contribution in [0.15, 0.2) is 71.8 Å². The molecule has 2 aromatic carbocycles. The molecule has 3 heterocycles. The lowest BCUT2D eigenvalue weighted by Gasteiger charge is -2.31. The van der Waals surface area contributed by atoms with Crippen molar-refractivity contribution in [3.63, 3.8) is 0 Å². The molecule has 7 nitrogen and oxygen atoms in total. The number of nitrogen functional groups attached to an aromatic ring is 1. The lowest BCUT2D eigenvalue weighted by atomic mass is 10.0. The number of nitrogens with one attached hydrogen (secondary N) is 1. The van der Waals surface area contributed by atoms with Crippen molar-refractivity contribution in [3.05, 3.63) is 83.0 Å². The predicted octanol–water partition coefficient (Wildman–Crippen LogP) is 3.92. The number of hydrogen-bond donors (Lipinski definition) is 2. The number of imidazole rings is 1. The van der Waals surface area contributed by atoms with Crippen LogP contribution in [0.3, 0.4) is 0 Å². The Morgan fingerprint density at radius 2 is 1.67 bits per heavy atom. The van der Waals surface area contributed by atoms with Crippen LogP contribution in [0.2, 0.25) is 0 Å². The van der Waals surface area contributed by atoms with Crippen LogP contribution in [0, 0.1) is 0 Å². The van der Waals surface area contributed by atoms with E-state index in [4.69, 9.17) is 5.73 Å². The van der Waals surface area contributed by atoms with Gasteiger partial charge in [-0.05, 0) is 53.6 Å². The van der Waals surface area contributed by atoms with E-state index in [0.29, 0.717) is 54.6 Å². The number of nitrogens with zero attached hydrogens (tertiary/aromatic N) is 4. The number of piperazine rings is 1. The van der Waals surface area contributed by atoms with E-state index in [1.807, 2.05) is 29.2 Å². The van der Waals surface area contributed by atoms with Gasteiger partial charge in [0.05, 0.1) is 28.3 Å². The summed E-state index contributed by atoms with van der Waals surface area (Å²) in [5.74, 6) is 0. The minimum atomic E-state index is -4.50. The Kier molecular flexibility index (Phi) is 6.05. The number of nitrogens with two attached hydrogens (primary N) is 1. The molecule has 0 saturated carbocycles. The molecule has 3 N–H and O–H groups in total. The van der Waals surface area contributed by atoms with Crippen molar-refractivity contribution in [2.45, 2.75) is 6.18 Å². The Labute approximate surface area is 205 Å². The third kappa shape index (κ3) is 4.47.